The van der Waals surface area contributed by atoms with Gasteiger partial charge in [-0.05, 0) is 0 Å². The van der Waals surface area contributed by atoms with Gasteiger partial charge in [0, 0.05) is 0 Å². The SMILES string of the molecule is Cl.Clc1ccc(C2=[C]([Fe])C3=NC2=CC2=NC(=CC4=NC(=CC5=NC(=C3)C=C5)C=C4)C=C2)cc1. The van der Waals surface area contributed by atoms with E-state index in [0.29, 0.717) is 5.02 Å². The number of rotatable bonds is 1. The molecule has 6 rings (SSSR count). The molecule has 0 saturated heterocycles. The van der Waals surface area contributed by atoms with Crippen LogP contribution in [0.4, 0.5) is 0 Å². The van der Waals surface area contributed by atoms with Crippen LogP contribution in [0.1, 0.15) is 5.56 Å². The van der Waals surface area contributed by atoms with Gasteiger partial charge in [0.1, 0.15) is 0 Å². The van der Waals surface area contributed by atoms with Crippen LogP contribution < -0.4 is 0 Å². The van der Waals surface area contributed by atoms with Crippen molar-refractivity contribution in [1.82, 2.24) is 0 Å². The van der Waals surface area contributed by atoms with E-state index < -0.39 is 0 Å². The van der Waals surface area contributed by atoms with E-state index in [-0.39, 0.29) is 12.4 Å². The summed E-state index contributed by atoms with van der Waals surface area (Å²) in [6.45, 7) is 0. The molecule has 4 nitrogen and oxygen atoms in total. The third-order valence-corrected chi connectivity index (χ3v) is 6.08. The fourth-order valence-electron chi connectivity index (χ4n) is 3.81. The van der Waals surface area contributed by atoms with Crippen molar-refractivity contribution < 1.29 is 16.0 Å². The Balaban J connectivity index is 0.00000228. The first-order chi connectivity index (χ1) is 15.6. The molecule has 8 bridgehead atoms. The van der Waals surface area contributed by atoms with Crippen LogP contribution in [-0.4, -0.2) is 22.8 Å². The summed E-state index contributed by atoms with van der Waals surface area (Å²) in [6, 6.07) is 7.73. The Morgan fingerprint density at radius 2 is 1.12 bits per heavy atom. The van der Waals surface area contributed by atoms with E-state index in [4.69, 9.17) is 26.6 Å². The Kier molecular flexibility index (Phi) is 5.73. The van der Waals surface area contributed by atoms with Crippen LogP contribution in [-0.2, 0) is 16.0 Å². The van der Waals surface area contributed by atoms with Crippen molar-refractivity contribution in [3.63, 3.8) is 0 Å². The van der Waals surface area contributed by atoms with Crippen molar-refractivity contribution in [3.8, 4) is 0 Å². The molecule has 5 heterocycles. The molecule has 7 heteroatoms. The average Bonchev–Trinajstić information content (AvgIpc) is 3.55. The molecule has 0 spiro atoms. The molecule has 33 heavy (non-hydrogen) atoms. The summed E-state index contributed by atoms with van der Waals surface area (Å²) in [5.41, 5.74) is 8.65. The third kappa shape index (κ3) is 4.29. The van der Waals surface area contributed by atoms with Crippen molar-refractivity contribution in [1.29, 1.82) is 0 Å². The van der Waals surface area contributed by atoms with Crippen LogP contribution >= 0.6 is 24.0 Å². The molecule has 0 aromatic heterocycles. The zero-order valence-corrected chi connectivity index (χ0v) is 19.7. The van der Waals surface area contributed by atoms with Gasteiger partial charge in [-0.25, -0.2) is 0 Å². The van der Waals surface area contributed by atoms with Gasteiger partial charge >= 0.3 is 199 Å². The van der Waals surface area contributed by atoms with Crippen LogP contribution in [0.2, 0.25) is 5.02 Å². The Labute approximate surface area is 210 Å². The maximum absolute atomic E-state index is 6.12. The molecule has 0 amide bonds. The van der Waals surface area contributed by atoms with E-state index in [0.717, 1.165) is 61.2 Å². The van der Waals surface area contributed by atoms with Gasteiger partial charge in [-0.2, -0.15) is 0 Å². The van der Waals surface area contributed by atoms with Crippen LogP contribution in [0.25, 0.3) is 5.57 Å². The fraction of sp³-hybridized carbons (Fsp3) is 0. The summed E-state index contributed by atoms with van der Waals surface area (Å²) in [7, 11) is 0. The molecule has 0 fully saturated rings. The molecule has 0 N–H and O–H groups in total. The Morgan fingerprint density at radius 1 is 0.606 bits per heavy atom. The Morgan fingerprint density at radius 3 is 1.70 bits per heavy atom. The monoisotopic (exact) mass is 509 g/mol. The van der Waals surface area contributed by atoms with E-state index in [1.807, 2.05) is 85.0 Å². The second-order valence-electron chi connectivity index (χ2n) is 7.53. The van der Waals surface area contributed by atoms with Crippen molar-refractivity contribution in [2.75, 3.05) is 0 Å². The van der Waals surface area contributed by atoms with Crippen LogP contribution in [0, 0.1) is 0 Å². The van der Waals surface area contributed by atoms with Gasteiger partial charge in [-0.15, -0.1) is 12.4 Å². The summed E-state index contributed by atoms with van der Waals surface area (Å²) in [5, 5.41) is 0.688. The van der Waals surface area contributed by atoms with Gasteiger partial charge in [0.25, 0.3) is 0 Å². The molecule has 0 radical (unpaired) electrons. The van der Waals surface area contributed by atoms with Gasteiger partial charge in [0.15, 0.2) is 0 Å². The van der Waals surface area contributed by atoms with E-state index in [1.165, 1.54) is 0 Å². The zero-order valence-electron chi connectivity index (χ0n) is 17.0. The van der Waals surface area contributed by atoms with Gasteiger partial charge in [-0.3, -0.25) is 0 Å². The number of nitrogens with zero attached hydrogens (tertiary/aromatic N) is 4. The predicted octanol–water partition coefficient (Wildman–Crippen LogP) is 6.06. The molecule has 1 aromatic carbocycles. The molecule has 1 aromatic rings. The number of benzene rings is 1. The third-order valence-electron chi connectivity index (χ3n) is 5.27. The number of allylic oxidation sites excluding steroid dienone is 12. The molecule has 0 saturated carbocycles. The van der Waals surface area contributed by atoms with E-state index in [1.54, 1.807) is 0 Å². The van der Waals surface area contributed by atoms with E-state index in [9.17, 15) is 0 Å². The molecule has 0 unspecified atom stereocenters. The first kappa shape index (κ1) is 21.7. The number of aliphatic imine (C=N–C) groups is 4. The molecular weight excluding hydrogens is 495 g/mol. The molecule has 5 aliphatic rings. The van der Waals surface area contributed by atoms with Crippen molar-refractivity contribution in [3.05, 3.63) is 123 Å². The molecule has 0 atom stereocenters. The molecule has 161 valence electrons. The first-order valence-electron chi connectivity index (χ1n) is 10.0. The van der Waals surface area contributed by atoms with Gasteiger partial charge in [-0.1, -0.05) is 0 Å². The molecule has 0 aliphatic carbocycles. The van der Waals surface area contributed by atoms with Crippen LogP contribution in [0.15, 0.2) is 132 Å². The second-order valence-corrected chi connectivity index (χ2v) is 8.52. The number of fused-ring (bicyclic) bond motifs is 4. The van der Waals surface area contributed by atoms with Gasteiger partial charge < -0.3 is 0 Å². The van der Waals surface area contributed by atoms with Gasteiger partial charge in [0.05, 0.1) is 0 Å². The summed E-state index contributed by atoms with van der Waals surface area (Å²) >= 11 is 10.5. The Hall–Kier alpha value is -3.08. The molecular formula is C26H15Cl2FeN4. The normalized spacial score (nSPS) is 19.9. The van der Waals surface area contributed by atoms with Crippen molar-refractivity contribution in [2.24, 2.45) is 20.0 Å². The Bertz CT molecular complexity index is 1450. The van der Waals surface area contributed by atoms with Crippen LogP contribution in [0.3, 0.4) is 0 Å². The summed E-state index contributed by atoms with van der Waals surface area (Å²) in [5.74, 6) is 0. The summed E-state index contributed by atoms with van der Waals surface area (Å²) in [4.78, 5) is 19.0. The van der Waals surface area contributed by atoms with Gasteiger partial charge in [0.2, 0.25) is 0 Å². The van der Waals surface area contributed by atoms with E-state index >= 15 is 0 Å². The average molecular weight is 510 g/mol. The predicted molar refractivity (Wildman–Crippen MR) is 135 cm³/mol. The zero-order chi connectivity index (χ0) is 21.7. The van der Waals surface area contributed by atoms with Crippen molar-refractivity contribution >= 4 is 52.4 Å². The minimum atomic E-state index is 0. The standard InChI is InChI=1S/C26H14ClN4.ClH.Fe/c27-17-3-1-16(2-4-17)25-14-24-13-22-8-7-20(29-22)11-18-5-6-19(28-18)12-21-9-10-23(30-21)15-26(25)31-24;;/h1-13,15H;1H;. The van der Waals surface area contributed by atoms with E-state index in [2.05, 4.69) is 21.0 Å². The number of hydrogen-bond acceptors (Lipinski definition) is 4. The topological polar surface area (TPSA) is 49.4 Å². The van der Waals surface area contributed by atoms with Crippen LogP contribution in [0.5, 0.6) is 0 Å². The number of hydrogen-bond donors (Lipinski definition) is 0. The maximum atomic E-state index is 6.12. The number of halogens is 2. The fourth-order valence-corrected chi connectivity index (χ4v) is 4.37. The minimum absolute atomic E-state index is 0. The summed E-state index contributed by atoms with van der Waals surface area (Å²) < 4.78 is 0.844. The quantitative estimate of drug-likeness (QED) is 0.413. The second kappa shape index (κ2) is 8.69. The summed E-state index contributed by atoms with van der Waals surface area (Å²) in [6.07, 6.45) is 19.8. The first-order valence-corrected chi connectivity index (χ1v) is 10.9. The van der Waals surface area contributed by atoms with Crippen molar-refractivity contribution in [2.45, 2.75) is 0 Å². The molecule has 5 aliphatic heterocycles.